The highest BCUT2D eigenvalue weighted by molar-refractivity contribution is 5.71. The van der Waals surface area contributed by atoms with E-state index in [1.54, 1.807) is 0 Å². The van der Waals surface area contributed by atoms with Crippen LogP contribution in [-0.2, 0) is 28.6 Å². The van der Waals surface area contributed by atoms with Gasteiger partial charge in [0.2, 0.25) is 0 Å². The van der Waals surface area contributed by atoms with Gasteiger partial charge in [-0.25, -0.2) is 0 Å². The summed E-state index contributed by atoms with van der Waals surface area (Å²) in [5.74, 6) is -0.889. The average molecular weight is 871 g/mol. The monoisotopic (exact) mass is 871 g/mol. The largest absolute Gasteiger partial charge is 0.462 e. The normalized spacial score (nSPS) is 12.2. The van der Waals surface area contributed by atoms with Gasteiger partial charge in [0, 0.05) is 19.3 Å². The smallest absolute Gasteiger partial charge is 0.306 e. The number of hydrogen-bond donors (Lipinski definition) is 0. The molecule has 0 aromatic carbocycles. The van der Waals surface area contributed by atoms with Crippen LogP contribution in [0.5, 0.6) is 0 Å². The van der Waals surface area contributed by atoms with Crippen molar-refractivity contribution in [2.75, 3.05) is 13.2 Å². The minimum absolute atomic E-state index is 0.0767. The molecule has 1 unspecified atom stereocenters. The maximum atomic E-state index is 12.8. The summed E-state index contributed by atoms with van der Waals surface area (Å²) < 4.78 is 16.7. The molecule has 0 aromatic rings. The maximum absolute atomic E-state index is 12.8. The van der Waals surface area contributed by atoms with E-state index in [2.05, 4.69) is 57.2 Å². The molecular formula is C56H102O6. The Kier molecular flexibility index (Phi) is 49.3. The van der Waals surface area contributed by atoms with E-state index >= 15 is 0 Å². The molecule has 0 rings (SSSR count). The summed E-state index contributed by atoms with van der Waals surface area (Å²) in [6, 6.07) is 0. The fourth-order valence-electron chi connectivity index (χ4n) is 7.76. The van der Waals surface area contributed by atoms with Gasteiger partial charge in [0.15, 0.2) is 6.10 Å². The standard InChI is InChI=1S/C56H102O6/c1-4-7-10-13-16-18-20-22-24-26-27-28-29-30-32-33-35-37-40-43-46-49-55(58)61-52-53(51-60-54(57)48-45-42-39-15-12-9-6-3)62-56(59)50-47-44-41-38-36-34-31-25-23-21-19-17-14-11-8-5-2/h19,21,25-27,31,53H,4-18,20,22-24,28-30,32-52H2,1-3H3/b21-19-,27-26-,31-25-. The lowest BCUT2D eigenvalue weighted by atomic mass is 10.1. The number of rotatable bonds is 49. The minimum atomic E-state index is -0.775. The summed E-state index contributed by atoms with van der Waals surface area (Å²) in [5, 5.41) is 0. The zero-order valence-electron chi connectivity index (χ0n) is 41.4. The Hall–Kier alpha value is -2.37. The van der Waals surface area contributed by atoms with E-state index in [4.69, 9.17) is 14.2 Å². The van der Waals surface area contributed by atoms with Crippen molar-refractivity contribution >= 4 is 17.9 Å². The summed E-state index contributed by atoms with van der Waals surface area (Å²) in [5.41, 5.74) is 0. The second kappa shape index (κ2) is 51.3. The predicted octanol–water partition coefficient (Wildman–Crippen LogP) is 17.7. The van der Waals surface area contributed by atoms with E-state index in [9.17, 15) is 14.4 Å². The van der Waals surface area contributed by atoms with E-state index in [0.29, 0.717) is 19.3 Å². The van der Waals surface area contributed by atoms with Crippen molar-refractivity contribution in [3.8, 4) is 0 Å². The van der Waals surface area contributed by atoms with Crippen LogP contribution in [0.1, 0.15) is 284 Å². The van der Waals surface area contributed by atoms with Crippen molar-refractivity contribution in [3.05, 3.63) is 36.5 Å². The first-order valence-electron chi connectivity index (χ1n) is 27.0. The van der Waals surface area contributed by atoms with Gasteiger partial charge in [0.1, 0.15) is 13.2 Å². The van der Waals surface area contributed by atoms with Crippen LogP contribution in [0, 0.1) is 0 Å². The highest BCUT2D eigenvalue weighted by atomic mass is 16.6. The fourth-order valence-corrected chi connectivity index (χ4v) is 7.76. The van der Waals surface area contributed by atoms with Gasteiger partial charge in [-0.05, 0) is 77.0 Å². The SMILES string of the molecule is CCCCCC/C=C\C/C=C\CCCCCCCC(=O)OC(COC(=O)CCCCCCCCC)COC(=O)CCCCCCCCCCC/C=C\CCCCCCCCCC. The molecule has 6 nitrogen and oxygen atoms in total. The van der Waals surface area contributed by atoms with Crippen molar-refractivity contribution < 1.29 is 28.6 Å². The van der Waals surface area contributed by atoms with Crippen molar-refractivity contribution in [1.82, 2.24) is 0 Å². The van der Waals surface area contributed by atoms with E-state index < -0.39 is 6.10 Å². The maximum Gasteiger partial charge on any atom is 0.306 e. The van der Waals surface area contributed by atoms with Gasteiger partial charge in [-0.2, -0.15) is 0 Å². The molecule has 0 aliphatic rings. The highest BCUT2D eigenvalue weighted by Gasteiger charge is 2.19. The molecule has 0 saturated heterocycles. The summed E-state index contributed by atoms with van der Waals surface area (Å²) >= 11 is 0. The van der Waals surface area contributed by atoms with E-state index in [1.165, 1.54) is 161 Å². The third-order valence-corrected chi connectivity index (χ3v) is 11.9. The number of esters is 3. The molecule has 0 heterocycles. The first-order valence-corrected chi connectivity index (χ1v) is 27.0. The number of ether oxygens (including phenoxy) is 3. The van der Waals surface area contributed by atoms with Gasteiger partial charge in [0.05, 0.1) is 0 Å². The quantitative estimate of drug-likeness (QED) is 0.0262. The van der Waals surface area contributed by atoms with Crippen molar-refractivity contribution in [1.29, 1.82) is 0 Å². The molecule has 0 radical (unpaired) electrons. The Balaban J connectivity index is 4.21. The first kappa shape index (κ1) is 59.6. The molecule has 0 spiro atoms. The predicted molar refractivity (Wildman–Crippen MR) is 266 cm³/mol. The highest BCUT2D eigenvalue weighted by Crippen LogP contribution is 2.15. The molecule has 6 heteroatoms. The molecule has 62 heavy (non-hydrogen) atoms. The molecule has 0 bridgehead atoms. The number of carbonyl (C=O) groups is 3. The molecule has 1 atom stereocenters. The third-order valence-electron chi connectivity index (χ3n) is 11.9. The number of allylic oxidation sites excluding steroid dienone is 6. The van der Waals surface area contributed by atoms with Crippen LogP contribution in [0.4, 0.5) is 0 Å². The third kappa shape index (κ3) is 48.7. The van der Waals surface area contributed by atoms with Crippen LogP contribution in [-0.4, -0.2) is 37.2 Å². The Morgan fingerprint density at radius 2 is 0.581 bits per heavy atom. The van der Waals surface area contributed by atoms with Gasteiger partial charge in [-0.1, -0.05) is 224 Å². The average Bonchev–Trinajstić information content (AvgIpc) is 3.27. The molecule has 0 N–H and O–H groups in total. The topological polar surface area (TPSA) is 78.9 Å². The summed E-state index contributed by atoms with van der Waals surface area (Å²) in [4.78, 5) is 37.8. The van der Waals surface area contributed by atoms with Crippen LogP contribution >= 0.6 is 0 Å². The minimum Gasteiger partial charge on any atom is -0.462 e. The van der Waals surface area contributed by atoms with Gasteiger partial charge >= 0.3 is 17.9 Å². The molecule has 0 aliphatic carbocycles. The Labute approximate surface area is 385 Å². The summed E-state index contributed by atoms with van der Waals surface area (Å²) in [6.07, 6.45) is 60.1. The molecule has 362 valence electrons. The zero-order valence-corrected chi connectivity index (χ0v) is 41.4. The molecule has 0 amide bonds. The fraction of sp³-hybridized carbons (Fsp3) is 0.839. The lowest BCUT2D eigenvalue weighted by Crippen LogP contribution is -2.30. The van der Waals surface area contributed by atoms with Crippen molar-refractivity contribution in [2.45, 2.75) is 290 Å². The number of unbranched alkanes of at least 4 members (excludes halogenated alkanes) is 32. The summed E-state index contributed by atoms with van der Waals surface area (Å²) in [6.45, 7) is 6.59. The van der Waals surface area contributed by atoms with Crippen molar-refractivity contribution in [2.24, 2.45) is 0 Å². The lowest BCUT2D eigenvalue weighted by molar-refractivity contribution is -0.167. The zero-order chi connectivity index (χ0) is 45.1. The van der Waals surface area contributed by atoms with Crippen LogP contribution < -0.4 is 0 Å². The Bertz CT molecular complexity index is 1050. The molecule has 0 saturated carbocycles. The molecule has 0 aromatic heterocycles. The number of carbonyl (C=O) groups excluding carboxylic acids is 3. The number of hydrogen-bond acceptors (Lipinski definition) is 6. The van der Waals surface area contributed by atoms with Gasteiger partial charge in [0.25, 0.3) is 0 Å². The van der Waals surface area contributed by atoms with Crippen LogP contribution in [0.3, 0.4) is 0 Å². The van der Waals surface area contributed by atoms with Gasteiger partial charge < -0.3 is 14.2 Å². The Morgan fingerprint density at radius 3 is 0.919 bits per heavy atom. The molecule has 0 fully saturated rings. The summed E-state index contributed by atoms with van der Waals surface area (Å²) in [7, 11) is 0. The van der Waals surface area contributed by atoms with Crippen molar-refractivity contribution in [3.63, 3.8) is 0 Å². The van der Waals surface area contributed by atoms with E-state index in [0.717, 1.165) is 83.5 Å². The first-order chi connectivity index (χ1) is 30.5. The van der Waals surface area contributed by atoms with E-state index in [-0.39, 0.29) is 31.1 Å². The second-order valence-electron chi connectivity index (χ2n) is 18.1. The molecular weight excluding hydrogens is 769 g/mol. The van der Waals surface area contributed by atoms with E-state index in [1.807, 2.05) is 0 Å². The lowest BCUT2D eigenvalue weighted by Gasteiger charge is -2.18. The van der Waals surface area contributed by atoms with Gasteiger partial charge in [-0.15, -0.1) is 0 Å². The van der Waals surface area contributed by atoms with Crippen LogP contribution in [0.2, 0.25) is 0 Å². The van der Waals surface area contributed by atoms with Crippen LogP contribution in [0.25, 0.3) is 0 Å². The van der Waals surface area contributed by atoms with Crippen LogP contribution in [0.15, 0.2) is 36.5 Å². The molecule has 0 aliphatic heterocycles. The Morgan fingerprint density at radius 1 is 0.323 bits per heavy atom. The van der Waals surface area contributed by atoms with Gasteiger partial charge in [-0.3, -0.25) is 14.4 Å². The second-order valence-corrected chi connectivity index (χ2v) is 18.1.